The maximum Gasteiger partial charge on any atom is 0.345 e. The first-order valence-corrected chi connectivity index (χ1v) is 8.05. The summed E-state index contributed by atoms with van der Waals surface area (Å²) in [4.78, 5) is 19.4. The van der Waals surface area contributed by atoms with E-state index < -0.39 is 0 Å². The quantitative estimate of drug-likeness (QED) is 0.819. The van der Waals surface area contributed by atoms with E-state index in [1.807, 2.05) is 0 Å². The van der Waals surface area contributed by atoms with Gasteiger partial charge in [-0.3, -0.25) is 0 Å². The Balaban J connectivity index is 1.68. The van der Waals surface area contributed by atoms with E-state index in [2.05, 4.69) is 15.3 Å². The Kier molecular flexibility index (Phi) is 2.14. The number of aromatic amines is 1. The van der Waals surface area contributed by atoms with Crippen LogP contribution in [0.25, 0.3) is 0 Å². The van der Waals surface area contributed by atoms with Gasteiger partial charge in [0.2, 0.25) is 0 Å². The van der Waals surface area contributed by atoms with Crippen LogP contribution in [0, 0.1) is 17.8 Å². The fourth-order valence-corrected chi connectivity index (χ4v) is 6.04. The number of fused-ring (bicyclic) bond motifs is 1. The first-order valence-electron chi connectivity index (χ1n) is 8.05. The molecule has 4 nitrogen and oxygen atoms in total. The molecule has 4 bridgehead atoms. The number of hydrogen-bond donors (Lipinski definition) is 2. The number of nitrogens with zero attached hydrogens (tertiary/aromatic N) is 1. The fourth-order valence-electron chi connectivity index (χ4n) is 6.04. The Morgan fingerprint density at radius 2 is 1.65 bits per heavy atom. The van der Waals surface area contributed by atoms with E-state index in [0.29, 0.717) is 0 Å². The standard InChI is InChI=1S/C16H21N3O/c20-15-18-13-8-17-7-12(13)14(19-15)16-4-9-1-10(5-16)3-11(2-9)6-16/h9-11,17H,1-8H2,(H,18,19,20). The van der Waals surface area contributed by atoms with Gasteiger partial charge >= 0.3 is 5.69 Å². The third-order valence-electron chi connectivity index (χ3n) is 6.27. The highest BCUT2D eigenvalue weighted by molar-refractivity contribution is 5.35. The van der Waals surface area contributed by atoms with Crippen LogP contribution in [-0.2, 0) is 18.5 Å². The topological polar surface area (TPSA) is 57.8 Å². The minimum atomic E-state index is -0.141. The zero-order valence-corrected chi connectivity index (χ0v) is 11.7. The summed E-state index contributed by atoms with van der Waals surface area (Å²) in [7, 11) is 0. The zero-order chi connectivity index (χ0) is 13.3. The molecule has 4 saturated carbocycles. The lowest BCUT2D eigenvalue weighted by Gasteiger charge is -2.56. The lowest BCUT2D eigenvalue weighted by molar-refractivity contribution is -0.00779. The summed E-state index contributed by atoms with van der Waals surface area (Å²) in [6, 6.07) is 0. The summed E-state index contributed by atoms with van der Waals surface area (Å²) >= 11 is 0. The molecule has 0 aromatic carbocycles. The minimum absolute atomic E-state index is 0.141. The smallest absolute Gasteiger partial charge is 0.308 e. The van der Waals surface area contributed by atoms with Crippen molar-refractivity contribution in [3.05, 3.63) is 27.4 Å². The van der Waals surface area contributed by atoms with Crippen LogP contribution in [0.4, 0.5) is 0 Å². The highest BCUT2D eigenvalue weighted by atomic mass is 16.1. The Bertz CT molecular complexity index is 598. The van der Waals surface area contributed by atoms with Gasteiger partial charge in [0.05, 0.1) is 5.69 Å². The van der Waals surface area contributed by atoms with Crippen molar-refractivity contribution < 1.29 is 0 Å². The van der Waals surface area contributed by atoms with Gasteiger partial charge < -0.3 is 10.3 Å². The normalized spacial score (nSPS) is 41.1. The molecule has 0 amide bonds. The van der Waals surface area contributed by atoms with Gasteiger partial charge in [-0.2, -0.15) is 4.98 Å². The van der Waals surface area contributed by atoms with E-state index >= 15 is 0 Å². The third kappa shape index (κ3) is 1.46. The van der Waals surface area contributed by atoms with E-state index in [4.69, 9.17) is 0 Å². The average molecular weight is 271 g/mol. The number of nitrogens with one attached hydrogen (secondary N) is 2. The number of rotatable bonds is 1. The molecular formula is C16H21N3O. The van der Waals surface area contributed by atoms with Crippen LogP contribution in [-0.4, -0.2) is 9.97 Å². The van der Waals surface area contributed by atoms with Gasteiger partial charge in [-0.15, -0.1) is 0 Å². The predicted octanol–water partition coefficient (Wildman–Crippen LogP) is 1.84. The van der Waals surface area contributed by atoms with Crippen LogP contribution >= 0.6 is 0 Å². The van der Waals surface area contributed by atoms with Crippen LogP contribution in [0.15, 0.2) is 4.79 Å². The highest BCUT2D eigenvalue weighted by Crippen LogP contribution is 2.60. The average Bonchev–Trinajstić information content (AvgIpc) is 2.83. The highest BCUT2D eigenvalue weighted by Gasteiger charge is 2.53. The first-order chi connectivity index (χ1) is 9.72. The molecule has 106 valence electrons. The number of H-pyrrole nitrogens is 1. The third-order valence-corrected chi connectivity index (χ3v) is 6.27. The molecule has 0 saturated heterocycles. The van der Waals surface area contributed by atoms with E-state index in [-0.39, 0.29) is 11.1 Å². The largest absolute Gasteiger partial charge is 0.345 e. The molecule has 2 heterocycles. The number of aromatic nitrogens is 2. The van der Waals surface area contributed by atoms with Crippen LogP contribution in [0.2, 0.25) is 0 Å². The molecule has 0 unspecified atom stereocenters. The SMILES string of the molecule is O=c1nc(C23CC4CC(CC(C4)C2)C3)c2c([nH]1)CNC2. The zero-order valence-electron chi connectivity index (χ0n) is 11.7. The summed E-state index contributed by atoms with van der Waals surface area (Å²) in [6.07, 6.45) is 8.14. The van der Waals surface area contributed by atoms with Gasteiger partial charge in [-0.1, -0.05) is 0 Å². The summed E-state index contributed by atoms with van der Waals surface area (Å²) in [5, 5.41) is 3.38. The van der Waals surface area contributed by atoms with Crippen LogP contribution in [0.5, 0.6) is 0 Å². The Morgan fingerprint density at radius 3 is 2.30 bits per heavy atom. The maximum atomic E-state index is 11.9. The second-order valence-electron chi connectivity index (χ2n) is 7.65. The lowest BCUT2D eigenvalue weighted by Crippen LogP contribution is -2.50. The molecular weight excluding hydrogens is 250 g/mol. The molecule has 2 N–H and O–H groups in total. The molecule has 20 heavy (non-hydrogen) atoms. The second kappa shape index (κ2) is 3.73. The van der Waals surface area contributed by atoms with Crippen molar-refractivity contribution in [2.45, 2.75) is 57.0 Å². The summed E-state index contributed by atoms with van der Waals surface area (Å²) in [6.45, 7) is 1.68. The van der Waals surface area contributed by atoms with E-state index in [1.165, 1.54) is 49.8 Å². The molecule has 5 aliphatic rings. The summed E-state index contributed by atoms with van der Waals surface area (Å²) in [5.74, 6) is 2.69. The maximum absolute atomic E-state index is 11.9. The van der Waals surface area contributed by atoms with E-state index in [0.717, 1.165) is 36.5 Å². The van der Waals surface area contributed by atoms with Gasteiger partial charge in [0.15, 0.2) is 0 Å². The van der Waals surface area contributed by atoms with Crippen molar-refractivity contribution in [1.82, 2.24) is 15.3 Å². The van der Waals surface area contributed by atoms with Gasteiger partial charge in [-0.25, -0.2) is 4.79 Å². The van der Waals surface area contributed by atoms with Crippen molar-refractivity contribution in [1.29, 1.82) is 0 Å². The molecule has 4 fully saturated rings. The molecule has 0 radical (unpaired) electrons. The van der Waals surface area contributed by atoms with Crippen molar-refractivity contribution in [2.75, 3.05) is 0 Å². The van der Waals surface area contributed by atoms with Gasteiger partial charge in [0, 0.05) is 29.8 Å². The Hall–Kier alpha value is -1.16. The molecule has 0 atom stereocenters. The number of hydrogen-bond acceptors (Lipinski definition) is 3. The Morgan fingerprint density at radius 1 is 1.00 bits per heavy atom. The van der Waals surface area contributed by atoms with Crippen molar-refractivity contribution in [3.63, 3.8) is 0 Å². The van der Waals surface area contributed by atoms with Gasteiger partial charge in [0.25, 0.3) is 0 Å². The molecule has 1 aromatic rings. The van der Waals surface area contributed by atoms with Gasteiger partial charge in [-0.05, 0) is 56.3 Å². The summed E-state index contributed by atoms with van der Waals surface area (Å²) in [5.41, 5.74) is 3.67. The predicted molar refractivity (Wildman–Crippen MR) is 75.3 cm³/mol. The first kappa shape index (κ1) is 11.5. The lowest BCUT2D eigenvalue weighted by atomic mass is 9.48. The molecule has 0 spiro atoms. The molecule has 1 aromatic heterocycles. The minimum Gasteiger partial charge on any atom is -0.308 e. The molecule has 1 aliphatic heterocycles. The van der Waals surface area contributed by atoms with Crippen molar-refractivity contribution in [2.24, 2.45) is 17.8 Å². The van der Waals surface area contributed by atoms with Crippen LogP contribution < -0.4 is 11.0 Å². The van der Waals surface area contributed by atoms with Gasteiger partial charge in [0.1, 0.15) is 0 Å². The fraction of sp³-hybridized carbons (Fsp3) is 0.750. The monoisotopic (exact) mass is 271 g/mol. The second-order valence-corrected chi connectivity index (χ2v) is 7.65. The van der Waals surface area contributed by atoms with Crippen molar-refractivity contribution >= 4 is 0 Å². The van der Waals surface area contributed by atoms with Crippen LogP contribution in [0.1, 0.15) is 55.5 Å². The summed E-state index contributed by atoms with van der Waals surface area (Å²) < 4.78 is 0. The molecule has 4 aliphatic carbocycles. The molecule has 4 heteroatoms. The van der Waals surface area contributed by atoms with E-state index in [1.54, 1.807) is 0 Å². The van der Waals surface area contributed by atoms with Crippen LogP contribution in [0.3, 0.4) is 0 Å². The molecule has 6 rings (SSSR count). The van der Waals surface area contributed by atoms with Crippen molar-refractivity contribution in [3.8, 4) is 0 Å². The Labute approximate surface area is 118 Å². The van der Waals surface area contributed by atoms with E-state index in [9.17, 15) is 4.79 Å².